The Morgan fingerprint density at radius 1 is 1.05 bits per heavy atom. The molecule has 0 fully saturated rings. The molecule has 0 bridgehead atoms. The van der Waals surface area contributed by atoms with Gasteiger partial charge in [0.2, 0.25) is 10.0 Å². The summed E-state index contributed by atoms with van der Waals surface area (Å²) in [4.78, 5) is 0.398. The lowest BCUT2D eigenvalue weighted by Crippen LogP contribution is -2.33. The van der Waals surface area contributed by atoms with Gasteiger partial charge < -0.3 is 0 Å². The molecule has 0 radical (unpaired) electrons. The molecular formula is C16H22INO2S. The Labute approximate surface area is 141 Å². The molecule has 0 N–H and O–H groups in total. The molecule has 0 amide bonds. The van der Waals surface area contributed by atoms with Gasteiger partial charge in [-0.2, -0.15) is 4.31 Å². The SMILES string of the molecule is Cc1ccc(S(=O)(=O)N2CCCCCC/C=C(/I)C2)cc1. The molecule has 1 aromatic rings. The van der Waals surface area contributed by atoms with Gasteiger partial charge in [0.1, 0.15) is 0 Å². The van der Waals surface area contributed by atoms with E-state index < -0.39 is 10.0 Å². The van der Waals surface area contributed by atoms with Crippen molar-refractivity contribution >= 4 is 32.6 Å². The van der Waals surface area contributed by atoms with Crippen LogP contribution in [0.1, 0.15) is 37.7 Å². The molecular weight excluding hydrogens is 397 g/mol. The average molecular weight is 419 g/mol. The summed E-state index contributed by atoms with van der Waals surface area (Å²) in [7, 11) is -3.39. The maximum absolute atomic E-state index is 12.8. The van der Waals surface area contributed by atoms with Gasteiger partial charge in [-0.15, -0.1) is 0 Å². The molecule has 1 heterocycles. The summed E-state index contributed by atoms with van der Waals surface area (Å²) in [6.07, 6.45) is 7.65. The lowest BCUT2D eigenvalue weighted by atomic mass is 10.1. The van der Waals surface area contributed by atoms with Gasteiger partial charge in [-0.1, -0.05) is 36.6 Å². The van der Waals surface area contributed by atoms with Crippen LogP contribution < -0.4 is 0 Å². The molecule has 0 saturated carbocycles. The van der Waals surface area contributed by atoms with Crippen molar-refractivity contribution in [3.63, 3.8) is 0 Å². The number of aryl methyl sites for hydroxylation is 1. The quantitative estimate of drug-likeness (QED) is 0.672. The van der Waals surface area contributed by atoms with E-state index in [9.17, 15) is 8.42 Å². The van der Waals surface area contributed by atoms with Crippen LogP contribution in [0.4, 0.5) is 0 Å². The molecule has 1 aliphatic heterocycles. The highest BCUT2D eigenvalue weighted by molar-refractivity contribution is 14.1. The summed E-state index contributed by atoms with van der Waals surface area (Å²) in [5.41, 5.74) is 1.07. The second-order valence-electron chi connectivity index (χ2n) is 5.51. The third-order valence-corrected chi connectivity index (χ3v) is 6.35. The number of halogens is 1. The maximum atomic E-state index is 12.8. The Morgan fingerprint density at radius 2 is 1.71 bits per heavy atom. The van der Waals surface area contributed by atoms with Crippen molar-refractivity contribution in [2.24, 2.45) is 0 Å². The van der Waals surface area contributed by atoms with Gasteiger partial charge >= 0.3 is 0 Å². The Bertz CT molecular complexity index is 593. The third kappa shape index (κ3) is 4.79. The number of hydrogen-bond donors (Lipinski definition) is 0. The second-order valence-corrected chi connectivity index (χ2v) is 8.83. The van der Waals surface area contributed by atoms with E-state index in [0.717, 1.165) is 28.4 Å². The molecule has 0 aromatic heterocycles. The summed E-state index contributed by atoms with van der Waals surface area (Å²) >= 11 is 2.26. The summed E-state index contributed by atoms with van der Waals surface area (Å²) in [6.45, 7) is 3.07. The van der Waals surface area contributed by atoms with Crippen LogP contribution in [-0.2, 0) is 10.0 Å². The van der Waals surface area contributed by atoms with Crippen LogP contribution in [0.5, 0.6) is 0 Å². The predicted molar refractivity (Wildman–Crippen MR) is 95.1 cm³/mol. The van der Waals surface area contributed by atoms with Gasteiger partial charge in [0.05, 0.1) is 4.90 Å². The van der Waals surface area contributed by atoms with E-state index in [1.807, 2.05) is 19.1 Å². The number of sulfonamides is 1. The molecule has 0 atom stereocenters. The molecule has 2 rings (SSSR count). The zero-order valence-electron chi connectivity index (χ0n) is 12.4. The van der Waals surface area contributed by atoms with E-state index in [4.69, 9.17) is 0 Å². The van der Waals surface area contributed by atoms with Crippen molar-refractivity contribution in [3.05, 3.63) is 39.5 Å². The van der Waals surface area contributed by atoms with Crippen molar-refractivity contribution < 1.29 is 8.42 Å². The largest absolute Gasteiger partial charge is 0.243 e. The Balaban J connectivity index is 2.26. The normalized spacial score (nSPS) is 21.5. The Morgan fingerprint density at radius 3 is 2.43 bits per heavy atom. The number of allylic oxidation sites excluding steroid dienone is 1. The molecule has 0 spiro atoms. The summed E-state index contributed by atoms with van der Waals surface area (Å²) < 4.78 is 28.3. The van der Waals surface area contributed by atoms with E-state index in [0.29, 0.717) is 18.0 Å². The topological polar surface area (TPSA) is 37.4 Å². The lowest BCUT2D eigenvalue weighted by molar-refractivity contribution is 0.421. The van der Waals surface area contributed by atoms with Gasteiger partial charge in [0.15, 0.2) is 0 Å². The van der Waals surface area contributed by atoms with Crippen LogP contribution >= 0.6 is 22.6 Å². The van der Waals surface area contributed by atoms with Gasteiger partial charge in [-0.05, 0) is 60.9 Å². The van der Waals surface area contributed by atoms with Crippen molar-refractivity contribution in [1.29, 1.82) is 0 Å². The van der Waals surface area contributed by atoms with Gasteiger partial charge in [0, 0.05) is 16.7 Å². The third-order valence-electron chi connectivity index (χ3n) is 3.71. The van der Waals surface area contributed by atoms with Crippen molar-refractivity contribution in [1.82, 2.24) is 4.31 Å². The smallest absolute Gasteiger partial charge is 0.207 e. The van der Waals surface area contributed by atoms with Crippen LogP contribution in [-0.4, -0.2) is 25.8 Å². The first-order valence-electron chi connectivity index (χ1n) is 7.41. The van der Waals surface area contributed by atoms with Crippen molar-refractivity contribution in [2.75, 3.05) is 13.1 Å². The molecule has 116 valence electrons. The average Bonchev–Trinajstić information content (AvgIpc) is 2.46. The minimum absolute atomic E-state index is 0.398. The molecule has 1 aliphatic rings. The highest BCUT2D eigenvalue weighted by atomic mass is 127. The van der Waals surface area contributed by atoms with Gasteiger partial charge in [0.25, 0.3) is 0 Å². The van der Waals surface area contributed by atoms with Crippen molar-refractivity contribution in [3.8, 4) is 0 Å². The predicted octanol–water partition coefficient (Wildman–Crippen LogP) is 4.27. The zero-order valence-corrected chi connectivity index (χ0v) is 15.4. The Hall–Kier alpha value is -0.400. The highest BCUT2D eigenvalue weighted by Gasteiger charge is 2.24. The van der Waals surface area contributed by atoms with E-state index >= 15 is 0 Å². The molecule has 3 nitrogen and oxygen atoms in total. The van der Waals surface area contributed by atoms with Crippen LogP contribution in [0.3, 0.4) is 0 Å². The van der Waals surface area contributed by atoms with Crippen LogP contribution in [0.2, 0.25) is 0 Å². The van der Waals surface area contributed by atoms with E-state index in [-0.39, 0.29) is 0 Å². The molecule has 0 saturated heterocycles. The molecule has 1 aromatic carbocycles. The minimum atomic E-state index is -3.39. The van der Waals surface area contributed by atoms with Crippen LogP contribution in [0.25, 0.3) is 0 Å². The zero-order chi connectivity index (χ0) is 15.3. The number of nitrogens with zero attached hydrogens (tertiary/aromatic N) is 1. The molecule has 0 aliphatic carbocycles. The fourth-order valence-electron chi connectivity index (χ4n) is 2.42. The first kappa shape index (κ1) is 17.0. The first-order chi connectivity index (χ1) is 10.00. The number of rotatable bonds is 2. The fraction of sp³-hybridized carbons (Fsp3) is 0.500. The monoisotopic (exact) mass is 419 g/mol. The molecule has 5 heteroatoms. The van der Waals surface area contributed by atoms with Gasteiger partial charge in [-0.25, -0.2) is 8.42 Å². The minimum Gasteiger partial charge on any atom is -0.207 e. The van der Waals surface area contributed by atoms with Crippen LogP contribution in [0, 0.1) is 6.92 Å². The number of hydrogen-bond acceptors (Lipinski definition) is 2. The summed E-state index contributed by atoms with van der Waals surface area (Å²) in [6, 6.07) is 7.13. The van der Waals surface area contributed by atoms with Crippen LogP contribution in [0.15, 0.2) is 38.8 Å². The fourth-order valence-corrected chi connectivity index (χ4v) is 4.83. The summed E-state index contributed by atoms with van der Waals surface area (Å²) in [5.74, 6) is 0. The lowest BCUT2D eigenvalue weighted by Gasteiger charge is -2.23. The summed E-state index contributed by atoms with van der Waals surface area (Å²) in [5, 5.41) is 0. The first-order valence-corrected chi connectivity index (χ1v) is 9.93. The highest BCUT2D eigenvalue weighted by Crippen LogP contribution is 2.22. The number of benzene rings is 1. The molecule has 21 heavy (non-hydrogen) atoms. The van der Waals surface area contributed by atoms with E-state index in [1.165, 1.54) is 12.8 Å². The maximum Gasteiger partial charge on any atom is 0.243 e. The van der Waals surface area contributed by atoms with E-state index in [2.05, 4.69) is 28.7 Å². The standard InChI is InChI=1S/C16H22INO2S/c1-14-8-10-16(11-9-14)21(19,20)18-12-6-4-2-3-5-7-15(17)13-18/h7-11H,2-6,12-13H2,1H3/b15-7+. The second kappa shape index (κ2) is 7.74. The van der Waals surface area contributed by atoms with E-state index in [1.54, 1.807) is 16.4 Å². The molecule has 0 unspecified atom stereocenters. The Kier molecular flexibility index (Phi) is 6.25. The van der Waals surface area contributed by atoms with Gasteiger partial charge in [-0.3, -0.25) is 0 Å². The van der Waals surface area contributed by atoms with Crippen molar-refractivity contribution in [2.45, 2.75) is 43.9 Å².